The van der Waals surface area contributed by atoms with E-state index in [4.69, 9.17) is 9.47 Å². The van der Waals surface area contributed by atoms with Gasteiger partial charge in [0.2, 0.25) is 0 Å². The molecule has 1 heterocycles. The second kappa shape index (κ2) is 7.65. The third kappa shape index (κ3) is 5.92. The number of carbonyl (C=O) groups excluding carboxylic acids is 2. The molecule has 8 heteroatoms. The number of halogens is 1. The second-order valence-corrected chi connectivity index (χ2v) is 6.74. The van der Waals surface area contributed by atoms with Gasteiger partial charge in [-0.3, -0.25) is 0 Å². The molecule has 1 rings (SSSR count). The lowest BCUT2D eigenvalue weighted by atomic mass is 10.2. The maximum atomic E-state index is 11.5. The van der Waals surface area contributed by atoms with Crippen LogP contribution in [0.15, 0.2) is 9.85 Å². The molecule has 1 N–H and O–H groups in total. The van der Waals surface area contributed by atoms with Gasteiger partial charge in [0, 0.05) is 5.38 Å². The molecule has 0 aromatic carbocycles. The minimum absolute atomic E-state index is 0.207. The predicted molar refractivity (Wildman–Crippen MR) is 83.1 cm³/mol. The van der Waals surface area contributed by atoms with Crippen LogP contribution in [-0.4, -0.2) is 37.9 Å². The third-order valence-corrected chi connectivity index (χ3v) is 3.92. The molecule has 0 aliphatic heterocycles. The van der Waals surface area contributed by atoms with Crippen molar-refractivity contribution in [2.45, 2.75) is 26.4 Å². The molecule has 1 amide bonds. The number of methoxy groups -OCH3 is 1. The Morgan fingerprint density at radius 3 is 2.62 bits per heavy atom. The minimum Gasteiger partial charge on any atom is -0.489 e. The van der Waals surface area contributed by atoms with E-state index in [1.54, 1.807) is 26.2 Å². The number of nitrogens with one attached hydrogen (secondary N) is 1. The van der Waals surface area contributed by atoms with Crippen LogP contribution in [0.2, 0.25) is 0 Å². The number of ether oxygens (including phenoxy) is 3. The number of amides is 1. The fraction of sp³-hybridized carbons (Fsp3) is 0.538. The number of alkyl carbamates (subject to hydrolysis) is 1. The molecule has 21 heavy (non-hydrogen) atoms. The molecule has 0 aliphatic carbocycles. The van der Waals surface area contributed by atoms with E-state index in [9.17, 15) is 9.59 Å². The van der Waals surface area contributed by atoms with Gasteiger partial charge in [0.15, 0.2) is 10.6 Å². The molecular weight excluding hydrogens is 362 g/mol. The molecule has 0 saturated heterocycles. The Hall–Kier alpha value is -1.28. The first-order valence-corrected chi connectivity index (χ1v) is 7.87. The molecule has 0 bridgehead atoms. The molecule has 1 aromatic heterocycles. The SMILES string of the molecule is COC(=O)c1scc(Br)c1OCCNC(=O)OC(C)(C)C. The maximum Gasteiger partial charge on any atom is 0.407 e. The predicted octanol–water partition coefficient (Wildman–Crippen LogP) is 3.20. The smallest absolute Gasteiger partial charge is 0.407 e. The molecule has 0 aliphatic rings. The summed E-state index contributed by atoms with van der Waals surface area (Å²) >= 11 is 4.52. The lowest BCUT2D eigenvalue weighted by Gasteiger charge is -2.19. The third-order valence-electron chi connectivity index (χ3n) is 2.09. The summed E-state index contributed by atoms with van der Waals surface area (Å²) in [5.41, 5.74) is -0.542. The maximum absolute atomic E-state index is 11.5. The summed E-state index contributed by atoms with van der Waals surface area (Å²) in [5.74, 6) is -0.0429. The zero-order chi connectivity index (χ0) is 16.0. The molecule has 0 atom stereocenters. The first-order chi connectivity index (χ1) is 9.74. The van der Waals surface area contributed by atoms with Crippen LogP contribution in [0.5, 0.6) is 5.75 Å². The second-order valence-electron chi connectivity index (χ2n) is 5.01. The summed E-state index contributed by atoms with van der Waals surface area (Å²) in [6, 6.07) is 0. The van der Waals surface area contributed by atoms with Crippen molar-refractivity contribution in [2.24, 2.45) is 0 Å². The monoisotopic (exact) mass is 379 g/mol. The fourth-order valence-electron chi connectivity index (χ4n) is 1.31. The summed E-state index contributed by atoms with van der Waals surface area (Å²) in [6.45, 7) is 5.83. The van der Waals surface area contributed by atoms with Crippen LogP contribution in [0.4, 0.5) is 4.79 Å². The normalized spacial score (nSPS) is 10.9. The summed E-state index contributed by atoms with van der Waals surface area (Å²) in [6.07, 6.45) is -0.510. The Kier molecular flexibility index (Phi) is 6.47. The van der Waals surface area contributed by atoms with Crippen molar-refractivity contribution in [3.05, 3.63) is 14.7 Å². The van der Waals surface area contributed by atoms with Gasteiger partial charge in [-0.25, -0.2) is 9.59 Å². The average molecular weight is 380 g/mol. The lowest BCUT2D eigenvalue weighted by molar-refractivity contribution is 0.0516. The van der Waals surface area contributed by atoms with Crippen molar-refractivity contribution in [1.29, 1.82) is 0 Å². The number of rotatable bonds is 5. The number of hydrogen-bond donors (Lipinski definition) is 1. The summed E-state index contributed by atoms with van der Waals surface area (Å²) < 4.78 is 15.9. The molecule has 0 radical (unpaired) electrons. The zero-order valence-corrected chi connectivity index (χ0v) is 14.7. The Morgan fingerprint density at radius 1 is 1.38 bits per heavy atom. The van der Waals surface area contributed by atoms with Gasteiger partial charge in [-0.15, -0.1) is 11.3 Å². The minimum atomic E-state index is -0.542. The average Bonchev–Trinajstić information content (AvgIpc) is 2.73. The van der Waals surface area contributed by atoms with E-state index >= 15 is 0 Å². The first-order valence-electron chi connectivity index (χ1n) is 6.19. The largest absolute Gasteiger partial charge is 0.489 e. The highest BCUT2D eigenvalue weighted by molar-refractivity contribution is 9.10. The van der Waals surface area contributed by atoms with Gasteiger partial charge in [0.05, 0.1) is 18.1 Å². The quantitative estimate of drug-likeness (QED) is 0.627. The van der Waals surface area contributed by atoms with E-state index < -0.39 is 17.7 Å². The number of carbonyl (C=O) groups is 2. The van der Waals surface area contributed by atoms with Crippen LogP contribution in [-0.2, 0) is 9.47 Å². The van der Waals surface area contributed by atoms with Gasteiger partial charge in [0.1, 0.15) is 12.2 Å². The molecule has 0 fully saturated rings. The van der Waals surface area contributed by atoms with Gasteiger partial charge >= 0.3 is 12.1 Å². The van der Waals surface area contributed by atoms with E-state index in [0.29, 0.717) is 15.1 Å². The van der Waals surface area contributed by atoms with Crippen molar-refractivity contribution in [2.75, 3.05) is 20.3 Å². The van der Waals surface area contributed by atoms with Crippen LogP contribution in [0, 0.1) is 0 Å². The van der Waals surface area contributed by atoms with Gasteiger partial charge in [-0.2, -0.15) is 0 Å². The number of esters is 1. The standard InChI is InChI=1S/C13H18BrNO5S/c1-13(2,3)20-12(17)15-5-6-19-9-8(14)7-21-10(9)11(16)18-4/h7H,5-6H2,1-4H3,(H,15,17). The van der Waals surface area contributed by atoms with Crippen LogP contribution in [0.25, 0.3) is 0 Å². The van der Waals surface area contributed by atoms with Crippen molar-refractivity contribution in [3.63, 3.8) is 0 Å². The van der Waals surface area contributed by atoms with Gasteiger partial charge < -0.3 is 19.5 Å². The van der Waals surface area contributed by atoms with Crippen molar-refractivity contribution < 1.29 is 23.8 Å². The number of thiophene rings is 1. The Morgan fingerprint density at radius 2 is 2.05 bits per heavy atom. The molecule has 118 valence electrons. The fourth-order valence-corrected chi connectivity index (χ4v) is 2.82. The van der Waals surface area contributed by atoms with E-state index in [1.807, 2.05) is 0 Å². The molecule has 0 spiro atoms. The van der Waals surface area contributed by atoms with Gasteiger partial charge in [-0.1, -0.05) is 0 Å². The Bertz CT molecular complexity index is 509. The Balaban J connectivity index is 2.45. The van der Waals surface area contributed by atoms with E-state index in [0.717, 1.165) is 0 Å². The summed E-state index contributed by atoms with van der Waals surface area (Å²) in [4.78, 5) is 23.4. The van der Waals surface area contributed by atoms with Crippen LogP contribution < -0.4 is 10.1 Å². The van der Waals surface area contributed by atoms with Crippen LogP contribution in [0.1, 0.15) is 30.4 Å². The molecule has 0 unspecified atom stereocenters. The summed E-state index contributed by atoms with van der Waals surface area (Å²) in [7, 11) is 1.31. The van der Waals surface area contributed by atoms with Crippen molar-refractivity contribution >= 4 is 39.3 Å². The molecule has 0 saturated carbocycles. The van der Waals surface area contributed by atoms with E-state index in [2.05, 4.69) is 26.0 Å². The molecule has 6 nitrogen and oxygen atoms in total. The highest BCUT2D eigenvalue weighted by atomic mass is 79.9. The lowest BCUT2D eigenvalue weighted by Crippen LogP contribution is -2.34. The zero-order valence-electron chi connectivity index (χ0n) is 12.3. The van der Waals surface area contributed by atoms with E-state index in [1.165, 1.54) is 18.4 Å². The summed E-state index contributed by atoms with van der Waals surface area (Å²) in [5, 5.41) is 4.31. The molecule has 1 aromatic rings. The molecular formula is C13H18BrNO5S. The Labute approximate surface area is 135 Å². The van der Waals surface area contributed by atoms with Gasteiger partial charge in [-0.05, 0) is 36.7 Å². The number of hydrogen-bond acceptors (Lipinski definition) is 6. The van der Waals surface area contributed by atoms with Gasteiger partial charge in [0.25, 0.3) is 0 Å². The van der Waals surface area contributed by atoms with E-state index in [-0.39, 0.29) is 13.2 Å². The highest BCUT2D eigenvalue weighted by Gasteiger charge is 2.19. The van der Waals surface area contributed by atoms with Crippen molar-refractivity contribution in [1.82, 2.24) is 5.32 Å². The first kappa shape index (κ1) is 17.8. The van der Waals surface area contributed by atoms with Crippen molar-refractivity contribution in [3.8, 4) is 5.75 Å². The van der Waals surface area contributed by atoms with Crippen LogP contribution in [0.3, 0.4) is 0 Å². The van der Waals surface area contributed by atoms with Crippen LogP contribution >= 0.6 is 27.3 Å². The topological polar surface area (TPSA) is 73.9 Å². The highest BCUT2D eigenvalue weighted by Crippen LogP contribution is 2.35.